The van der Waals surface area contributed by atoms with Gasteiger partial charge in [-0.2, -0.15) is 0 Å². The molecular formula is C20H12N4O4. The van der Waals surface area contributed by atoms with Crippen LogP contribution in [0.15, 0.2) is 68.7 Å². The summed E-state index contributed by atoms with van der Waals surface area (Å²) in [6.45, 7) is 0. The lowest BCUT2D eigenvalue weighted by molar-refractivity contribution is 0.102. The van der Waals surface area contributed by atoms with E-state index >= 15 is 0 Å². The molecule has 0 aliphatic heterocycles. The van der Waals surface area contributed by atoms with Crippen molar-refractivity contribution in [2.24, 2.45) is 0 Å². The summed E-state index contributed by atoms with van der Waals surface area (Å²) in [6, 6.07) is 14.5. The van der Waals surface area contributed by atoms with E-state index in [9.17, 15) is 14.4 Å². The number of hydrogen-bond acceptors (Lipinski definition) is 5. The van der Waals surface area contributed by atoms with Crippen molar-refractivity contribution in [2.45, 2.75) is 0 Å². The standard InChI is InChI=1S/C20H12N4O4/c25-18(10-7-14-17(21-9-10)23-20(27)24-19(14)26)22-11-5-6-13-12-3-1-2-4-15(12)28-16(13)8-11/h1-9H,(H,22,25)(H2,21,23,24,26,27). The molecule has 2 aromatic carbocycles. The Kier molecular flexibility index (Phi) is 3.38. The molecule has 28 heavy (non-hydrogen) atoms. The summed E-state index contributed by atoms with van der Waals surface area (Å²) in [5, 5.41) is 4.85. The second-order valence-electron chi connectivity index (χ2n) is 6.29. The van der Waals surface area contributed by atoms with Gasteiger partial charge in [-0.3, -0.25) is 19.6 Å². The van der Waals surface area contributed by atoms with Gasteiger partial charge in [-0.05, 0) is 24.3 Å². The van der Waals surface area contributed by atoms with Gasteiger partial charge in [0.05, 0.1) is 10.9 Å². The van der Waals surface area contributed by atoms with Crippen molar-refractivity contribution in [1.29, 1.82) is 0 Å². The minimum Gasteiger partial charge on any atom is -0.456 e. The van der Waals surface area contributed by atoms with Gasteiger partial charge in [-0.1, -0.05) is 18.2 Å². The van der Waals surface area contributed by atoms with E-state index in [1.807, 2.05) is 30.3 Å². The molecule has 8 nitrogen and oxygen atoms in total. The first-order valence-corrected chi connectivity index (χ1v) is 8.43. The van der Waals surface area contributed by atoms with Crippen LogP contribution in [0.4, 0.5) is 5.69 Å². The largest absolute Gasteiger partial charge is 0.456 e. The first-order valence-electron chi connectivity index (χ1n) is 8.43. The summed E-state index contributed by atoms with van der Waals surface area (Å²) in [7, 11) is 0. The average molecular weight is 372 g/mol. The Bertz CT molecular complexity index is 1510. The maximum Gasteiger partial charge on any atom is 0.327 e. The molecule has 0 atom stereocenters. The van der Waals surface area contributed by atoms with E-state index < -0.39 is 17.2 Å². The average Bonchev–Trinajstić information content (AvgIpc) is 3.05. The highest BCUT2D eigenvalue weighted by Gasteiger charge is 2.12. The lowest BCUT2D eigenvalue weighted by Gasteiger charge is -2.05. The molecule has 1 amide bonds. The molecule has 0 saturated heterocycles. The Morgan fingerprint density at radius 3 is 2.64 bits per heavy atom. The smallest absolute Gasteiger partial charge is 0.327 e. The van der Waals surface area contributed by atoms with Gasteiger partial charge in [-0.15, -0.1) is 0 Å². The molecule has 8 heteroatoms. The first-order chi connectivity index (χ1) is 13.6. The Hall–Kier alpha value is -4.20. The molecule has 0 aliphatic rings. The van der Waals surface area contributed by atoms with Crippen molar-refractivity contribution in [3.05, 3.63) is 81.1 Å². The predicted molar refractivity (Wildman–Crippen MR) is 105 cm³/mol. The fourth-order valence-corrected chi connectivity index (χ4v) is 3.18. The SMILES string of the molecule is O=C(Nc1ccc2c(c1)oc1ccccc12)c1cnc2[nH]c(=O)[nH]c(=O)c2c1. The number of benzene rings is 2. The number of aromatic nitrogens is 3. The molecule has 0 aliphatic carbocycles. The quantitative estimate of drug-likeness (QED) is 0.440. The van der Waals surface area contributed by atoms with Crippen LogP contribution < -0.4 is 16.6 Å². The van der Waals surface area contributed by atoms with Gasteiger partial charge in [0.15, 0.2) is 0 Å². The molecule has 0 unspecified atom stereocenters. The molecule has 0 bridgehead atoms. The van der Waals surface area contributed by atoms with Crippen molar-refractivity contribution in [3.8, 4) is 0 Å². The third kappa shape index (κ3) is 2.55. The number of hydrogen-bond donors (Lipinski definition) is 3. The molecule has 0 spiro atoms. The van der Waals surface area contributed by atoms with Crippen molar-refractivity contribution in [2.75, 3.05) is 5.32 Å². The number of rotatable bonds is 2. The van der Waals surface area contributed by atoms with E-state index in [1.54, 1.807) is 12.1 Å². The van der Waals surface area contributed by atoms with Crippen LogP contribution in [0, 0.1) is 0 Å². The summed E-state index contributed by atoms with van der Waals surface area (Å²) < 4.78 is 5.82. The van der Waals surface area contributed by atoms with Crippen molar-refractivity contribution in [1.82, 2.24) is 15.0 Å². The van der Waals surface area contributed by atoms with Crippen LogP contribution in [0.5, 0.6) is 0 Å². The first kappa shape index (κ1) is 16.0. The zero-order valence-corrected chi connectivity index (χ0v) is 14.3. The number of aromatic amines is 2. The number of carbonyl (C=O) groups is 1. The normalized spacial score (nSPS) is 11.3. The molecule has 0 radical (unpaired) electrons. The molecule has 3 aromatic heterocycles. The topological polar surface area (TPSA) is 121 Å². The monoisotopic (exact) mass is 372 g/mol. The minimum absolute atomic E-state index is 0.119. The molecular weight excluding hydrogens is 360 g/mol. The van der Waals surface area contributed by atoms with Gasteiger partial charge in [0.25, 0.3) is 11.5 Å². The number of furan rings is 1. The van der Waals surface area contributed by atoms with Gasteiger partial charge in [0.1, 0.15) is 16.8 Å². The van der Waals surface area contributed by atoms with Gasteiger partial charge in [0.2, 0.25) is 0 Å². The third-order valence-corrected chi connectivity index (χ3v) is 4.49. The number of carbonyl (C=O) groups excluding carboxylic acids is 1. The third-order valence-electron chi connectivity index (χ3n) is 4.49. The van der Waals surface area contributed by atoms with Crippen molar-refractivity contribution in [3.63, 3.8) is 0 Å². The summed E-state index contributed by atoms with van der Waals surface area (Å²) >= 11 is 0. The number of anilines is 1. The number of fused-ring (bicyclic) bond motifs is 4. The van der Waals surface area contributed by atoms with E-state index in [0.29, 0.717) is 11.3 Å². The molecule has 3 heterocycles. The second-order valence-corrected chi connectivity index (χ2v) is 6.29. The van der Waals surface area contributed by atoms with Crippen LogP contribution in [0.25, 0.3) is 33.0 Å². The fourth-order valence-electron chi connectivity index (χ4n) is 3.18. The van der Waals surface area contributed by atoms with E-state index in [2.05, 4.69) is 20.3 Å². The van der Waals surface area contributed by atoms with Gasteiger partial charge >= 0.3 is 5.69 Å². The number of para-hydroxylation sites is 1. The lowest BCUT2D eigenvalue weighted by atomic mass is 10.1. The van der Waals surface area contributed by atoms with Gasteiger partial charge < -0.3 is 9.73 Å². The molecule has 0 saturated carbocycles. The zero-order valence-electron chi connectivity index (χ0n) is 14.3. The Balaban J connectivity index is 1.51. The fraction of sp³-hybridized carbons (Fsp3) is 0. The second kappa shape index (κ2) is 5.92. The van der Waals surface area contributed by atoms with E-state index in [0.717, 1.165) is 16.4 Å². The summed E-state index contributed by atoms with van der Waals surface area (Å²) in [6.07, 6.45) is 1.30. The van der Waals surface area contributed by atoms with Crippen LogP contribution in [0.1, 0.15) is 10.4 Å². The molecule has 136 valence electrons. The highest BCUT2D eigenvalue weighted by Crippen LogP contribution is 2.30. The minimum atomic E-state index is -0.652. The van der Waals surface area contributed by atoms with Crippen LogP contribution in [-0.4, -0.2) is 20.9 Å². The van der Waals surface area contributed by atoms with Crippen LogP contribution in [-0.2, 0) is 0 Å². The molecule has 5 aromatic rings. The molecule has 0 fully saturated rings. The Labute approximate surface area is 155 Å². The van der Waals surface area contributed by atoms with Crippen LogP contribution in [0.2, 0.25) is 0 Å². The number of nitrogens with one attached hydrogen (secondary N) is 3. The van der Waals surface area contributed by atoms with Crippen molar-refractivity contribution >= 4 is 44.6 Å². The maximum atomic E-state index is 12.6. The molecule has 5 rings (SSSR count). The Morgan fingerprint density at radius 2 is 1.75 bits per heavy atom. The van der Waals surface area contributed by atoms with E-state index in [-0.39, 0.29) is 16.6 Å². The zero-order chi connectivity index (χ0) is 19.3. The highest BCUT2D eigenvalue weighted by atomic mass is 16.3. The van der Waals surface area contributed by atoms with Crippen molar-refractivity contribution < 1.29 is 9.21 Å². The predicted octanol–water partition coefficient (Wildman–Crippen LogP) is 2.76. The number of pyridine rings is 1. The van der Waals surface area contributed by atoms with Gasteiger partial charge in [-0.25, -0.2) is 9.78 Å². The highest BCUT2D eigenvalue weighted by molar-refractivity contribution is 6.09. The van der Waals surface area contributed by atoms with Crippen LogP contribution in [0.3, 0.4) is 0 Å². The maximum absolute atomic E-state index is 12.6. The summed E-state index contributed by atoms with van der Waals surface area (Å²) in [5.74, 6) is -0.435. The number of amides is 1. The van der Waals surface area contributed by atoms with E-state index in [1.165, 1.54) is 12.3 Å². The van der Waals surface area contributed by atoms with E-state index in [4.69, 9.17) is 4.42 Å². The number of H-pyrrole nitrogens is 2. The molecule has 3 N–H and O–H groups in total. The summed E-state index contributed by atoms with van der Waals surface area (Å²) in [4.78, 5) is 44.3. The number of nitrogens with zero attached hydrogens (tertiary/aromatic N) is 1. The summed E-state index contributed by atoms with van der Waals surface area (Å²) in [5.41, 5.74) is 1.03. The van der Waals surface area contributed by atoms with Gasteiger partial charge in [0, 0.05) is 28.7 Å². The lowest BCUT2D eigenvalue weighted by Crippen LogP contribution is -2.23. The van der Waals surface area contributed by atoms with Crippen LogP contribution >= 0.6 is 0 Å². The Morgan fingerprint density at radius 1 is 0.929 bits per heavy atom.